The number of rotatable bonds is 0. The topological polar surface area (TPSA) is 27.7 Å². The lowest BCUT2D eigenvalue weighted by Gasteiger charge is -2.07. The molecule has 3 nitrogen and oxygen atoms in total. The SMILES string of the molecule is CC.Clc1ccc2c3c1COB3OCCO2. The number of ether oxygens (including phenoxy) is 1. The fourth-order valence-corrected chi connectivity index (χ4v) is 2.05. The van der Waals surface area contributed by atoms with Gasteiger partial charge in [0.15, 0.2) is 0 Å². The van der Waals surface area contributed by atoms with Crippen molar-refractivity contribution in [2.24, 2.45) is 0 Å². The average molecular weight is 240 g/mol. The minimum absolute atomic E-state index is 0.291. The number of benzene rings is 1. The Morgan fingerprint density at radius 3 is 2.81 bits per heavy atom. The minimum atomic E-state index is -0.291. The fraction of sp³-hybridized carbons (Fsp3) is 0.455. The van der Waals surface area contributed by atoms with E-state index in [4.69, 9.17) is 25.6 Å². The molecule has 1 aromatic rings. The van der Waals surface area contributed by atoms with Crippen LogP contribution in [0.4, 0.5) is 0 Å². The smallest absolute Gasteiger partial charge is 0.492 e. The van der Waals surface area contributed by atoms with Gasteiger partial charge in [-0.1, -0.05) is 25.4 Å². The van der Waals surface area contributed by atoms with E-state index in [0.29, 0.717) is 19.8 Å². The van der Waals surface area contributed by atoms with Crippen molar-refractivity contribution in [1.82, 2.24) is 0 Å². The van der Waals surface area contributed by atoms with Gasteiger partial charge < -0.3 is 14.0 Å². The summed E-state index contributed by atoms with van der Waals surface area (Å²) in [6.07, 6.45) is 0. The zero-order chi connectivity index (χ0) is 11.5. The maximum Gasteiger partial charge on any atom is 0.498 e. The van der Waals surface area contributed by atoms with E-state index in [2.05, 4.69) is 0 Å². The van der Waals surface area contributed by atoms with Crippen LogP contribution in [0, 0.1) is 0 Å². The van der Waals surface area contributed by atoms with Crippen LogP contribution in [0.5, 0.6) is 5.75 Å². The van der Waals surface area contributed by atoms with Crippen LogP contribution in [-0.2, 0) is 15.9 Å². The van der Waals surface area contributed by atoms with Gasteiger partial charge in [-0.25, -0.2) is 0 Å². The van der Waals surface area contributed by atoms with Gasteiger partial charge in [-0.05, 0) is 17.7 Å². The second-order valence-electron chi connectivity index (χ2n) is 3.30. The van der Waals surface area contributed by atoms with Crippen LogP contribution in [0.15, 0.2) is 12.1 Å². The Bertz CT molecular complexity index is 384. The van der Waals surface area contributed by atoms with Gasteiger partial charge in [0.25, 0.3) is 0 Å². The van der Waals surface area contributed by atoms with Gasteiger partial charge in [0.05, 0.1) is 13.2 Å². The summed E-state index contributed by atoms with van der Waals surface area (Å²) < 4.78 is 16.5. The molecule has 1 aromatic carbocycles. The number of halogens is 1. The third-order valence-corrected chi connectivity index (χ3v) is 2.84. The van der Waals surface area contributed by atoms with Gasteiger partial charge in [-0.3, -0.25) is 0 Å². The lowest BCUT2D eigenvalue weighted by molar-refractivity contribution is 0.180. The molecular formula is C11H14BClO3. The van der Waals surface area contributed by atoms with E-state index >= 15 is 0 Å². The molecule has 2 aliphatic rings. The van der Waals surface area contributed by atoms with E-state index in [1.165, 1.54) is 0 Å². The average Bonchev–Trinajstić information content (AvgIpc) is 2.65. The van der Waals surface area contributed by atoms with E-state index in [0.717, 1.165) is 21.8 Å². The summed E-state index contributed by atoms with van der Waals surface area (Å²) in [5.41, 5.74) is 1.96. The number of hydrogen-bond acceptors (Lipinski definition) is 3. The molecule has 86 valence electrons. The Balaban J connectivity index is 0.000000457. The van der Waals surface area contributed by atoms with Crippen molar-refractivity contribution in [1.29, 1.82) is 0 Å². The molecule has 2 aliphatic heterocycles. The first-order valence-electron chi connectivity index (χ1n) is 5.53. The molecule has 0 radical (unpaired) electrons. The molecular weight excluding hydrogens is 226 g/mol. The quantitative estimate of drug-likeness (QED) is 0.649. The highest BCUT2D eigenvalue weighted by molar-refractivity contribution is 6.64. The monoisotopic (exact) mass is 240 g/mol. The van der Waals surface area contributed by atoms with Crippen LogP contribution in [0.3, 0.4) is 0 Å². The van der Waals surface area contributed by atoms with Crippen LogP contribution in [0.1, 0.15) is 19.4 Å². The molecule has 16 heavy (non-hydrogen) atoms. The van der Waals surface area contributed by atoms with Crippen LogP contribution in [-0.4, -0.2) is 20.3 Å². The van der Waals surface area contributed by atoms with Crippen molar-refractivity contribution in [2.45, 2.75) is 20.5 Å². The van der Waals surface area contributed by atoms with Crippen LogP contribution in [0.25, 0.3) is 0 Å². The summed E-state index contributed by atoms with van der Waals surface area (Å²) >= 11 is 6.05. The number of hydrogen-bond donors (Lipinski definition) is 0. The molecule has 0 saturated heterocycles. The zero-order valence-corrected chi connectivity index (χ0v) is 10.2. The molecule has 2 heterocycles. The summed E-state index contributed by atoms with van der Waals surface area (Å²) in [5, 5.41) is 0.723. The zero-order valence-electron chi connectivity index (χ0n) is 9.46. The second-order valence-corrected chi connectivity index (χ2v) is 3.71. The predicted octanol–water partition coefficient (Wildman–Crippen LogP) is 2.00. The molecule has 0 N–H and O–H groups in total. The summed E-state index contributed by atoms with van der Waals surface area (Å²) in [5.74, 6) is 0.837. The third kappa shape index (κ3) is 1.93. The molecule has 0 spiro atoms. The fourth-order valence-electron chi connectivity index (χ4n) is 1.83. The van der Waals surface area contributed by atoms with Crippen molar-refractivity contribution in [2.75, 3.05) is 13.2 Å². The van der Waals surface area contributed by atoms with Crippen molar-refractivity contribution in [3.8, 4) is 5.75 Å². The third-order valence-electron chi connectivity index (χ3n) is 2.48. The molecule has 0 atom stereocenters. The maximum absolute atomic E-state index is 6.05. The predicted molar refractivity (Wildman–Crippen MR) is 64.4 cm³/mol. The van der Waals surface area contributed by atoms with Gasteiger partial charge in [-0.15, -0.1) is 0 Å². The molecule has 0 fully saturated rings. The van der Waals surface area contributed by atoms with Gasteiger partial charge in [-0.2, -0.15) is 0 Å². The van der Waals surface area contributed by atoms with Gasteiger partial charge in [0.2, 0.25) is 0 Å². The Labute approximate surface area is 101 Å². The summed E-state index contributed by atoms with van der Waals surface area (Å²) in [6, 6.07) is 3.71. The van der Waals surface area contributed by atoms with Crippen molar-refractivity contribution in [3.63, 3.8) is 0 Å². The maximum atomic E-state index is 6.05. The Kier molecular flexibility index (Phi) is 3.74. The summed E-state index contributed by atoms with van der Waals surface area (Å²) in [4.78, 5) is 0. The van der Waals surface area contributed by atoms with Gasteiger partial charge in [0, 0.05) is 10.5 Å². The van der Waals surface area contributed by atoms with Crippen molar-refractivity contribution in [3.05, 3.63) is 22.7 Å². The molecule has 0 amide bonds. The molecule has 3 rings (SSSR count). The molecule has 0 bridgehead atoms. The summed E-state index contributed by atoms with van der Waals surface area (Å²) in [7, 11) is -0.291. The molecule has 5 heteroatoms. The van der Waals surface area contributed by atoms with Crippen LogP contribution in [0.2, 0.25) is 5.02 Å². The molecule has 0 aliphatic carbocycles. The standard InChI is InChI=1S/C9H8BClO3.C2H6/c11-7-1-2-8-9-6(7)5-14-10(9)13-4-3-12-8;1-2/h1-2H,3-5H2;1-2H3. The Hall–Kier alpha value is -0.705. The molecule has 0 saturated carbocycles. The summed E-state index contributed by atoms with van der Waals surface area (Å²) in [6.45, 7) is 5.63. The molecule has 0 unspecified atom stereocenters. The Morgan fingerprint density at radius 1 is 1.19 bits per heavy atom. The first kappa shape index (κ1) is 11.8. The van der Waals surface area contributed by atoms with Crippen molar-refractivity contribution >= 4 is 24.2 Å². The van der Waals surface area contributed by atoms with E-state index in [1.807, 2.05) is 26.0 Å². The highest BCUT2D eigenvalue weighted by Gasteiger charge is 2.37. The highest BCUT2D eigenvalue weighted by Crippen LogP contribution is 2.27. The van der Waals surface area contributed by atoms with Gasteiger partial charge in [0.1, 0.15) is 12.4 Å². The van der Waals surface area contributed by atoms with E-state index in [9.17, 15) is 0 Å². The lowest BCUT2D eigenvalue weighted by atomic mass is 9.78. The second kappa shape index (κ2) is 5.08. The van der Waals surface area contributed by atoms with Crippen LogP contribution < -0.4 is 10.2 Å². The van der Waals surface area contributed by atoms with Crippen LogP contribution >= 0.6 is 11.6 Å². The van der Waals surface area contributed by atoms with Gasteiger partial charge >= 0.3 is 7.12 Å². The first-order valence-corrected chi connectivity index (χ1v) is 5.91. The lowest BCUT2D eigenvalue weighted by Crippen LogP contribution is -2.31. The first-order chi connectivity index (χ1) is 7.86. The van der Waals surface area contributed by atoms with Crippen molar-refractivity contribution < 1.29 is 14.0 Å². The van der Waals surface area contributed by atoms with E-state index < -0.39 is 0 Å². The minimum Gasteiger partial charge on any atom is -0.492 e. The van der Waals surface area contributed by atoms with E-state index in [1.54, 1.807) is 0 Å². The van der Waals surface area contributed by atoms with E-state index in [-0.39, 0.29) is 7.12 Å². The normalized spacial score (nSPS) is 16.8. The highest BCUT2D eigenvalue weighted by atomic mass is 35.5. The Morgan fingerprint density at radius 2 is 2.00 bits per heavy atom. The largest absolute Gasteiger partial charge is 0.498 e. The molecule has 0 aromatic heterocycles.